The zero-order valence-electron chi connectivity index (χ0n) is 11.3. The molecule has 6 rings (SSSR count). The van der Waals surface area contributed by atoms with E-state index in [0.717, 1.165) is 0 Å². The van der Waals surface area contributed by atoms with Gasteiger partial charge in [0.15, 0.2) is 0 Å². The van der Waals surface area contributed by atoms with E-state index in [0.29, 0.717) is 17.5 Å². The van der Waals surface area contributed by atoms with Crippen molar-refractivity contribution in [2.75, 3.05) is 4.90 Å². The molecule has 21 heavy (non-hydrogen) atoms. The summed E-state index contributed by atoms with van der Waals surface area (Å²) in [5.41, 5.74) is 0.493. The van der Waals surface area contributed by atoms with E-state index >= 15 is 0 Å². The van der Waals surface area contributed by atoms with E-state index in [9.17, 15) is 14.7 Å². The summed E-state index contributed by atoms with van der Waals surface area (Å²) in [6.45, 7) is 0. The lowest BCUT2D eigenvalue weighted by Gasteiger charge is -2.37. The molecule has 1 aromatic carbocycles. The second-order valence-electron chi connectivity index (χ2n) is 6.69. The fourth-order valence-corrected chi connectivity index (χ4v) is 4.84. The highest BCUT2D eigenvalue weighted by molar-refractivity contribution is 6.22. The van der Waals surface area contributed by atoms with Crippen LogP contribution in [0.1, 0.15) is 6.42 Å². The van der Waals surface area contributed by atoms with E-state index in [2.05, 4.69) is 12.2 Å². The Bertz CT molecular complexity index is 674. The summed E-state index contributed by atoms with van der Waals surface area (Å²) in [5, 5.41) is 9.61. The van der Waals surface area contributed by atoms with Gasteiger partial charge in [0.2, 0.25) is 11.8 Å². The third kappa shape index (κ3) is 1.30. The smallest absolute Gasteiger partial charge is 0.238 e. The molecule has 4 heteroatoms. The minimum Gasteiger partial charge on any atom is -0.508 e. The number of hydrogen-bond donors (Lipinski definition) is 1. The topological polar surface area (TPSA) is 57.6 Å². The van der Waals surface area contributed by atoms with E-state index < -0.39 is 0 Å². The van der Waals surface area contributed by atoms with Crippen molar-refractivity contribution in [2.24, 2.45) is 35.5 Å². The van der Waals surface area contributed by atoms with E-state index in [1.807, 2.05) is 0 Å². The van der Waals surface area contributed by atoms with Crippen molar-refractivity contribution in [1.29, 1.82) is 0 Å². The number of amides is 2. The van der Waals surface area contributed by atoms with Crippen molar-refractivity contribution in [3.8, 4) is 5.75 Å². The number of aromatic hydroxyl groups is 1. The first-order valence-electron chi connectivity index (χ1n) is 7.52. The molecule has 2 amide bonds. The minimum absolute atomic E-state index is 0.0758. The van der Waals surface area contributed by atoms with Crippen molar-refractivity contribution in [3.05, 3.63) is 36.4 Å². The van der Waals surface area contributed by atoms with Crippen LogP contribution in [0.2, 0.25) is 0 Å². The molecule has 0 spiro atoms. The van der Waals surface area contributed by atoms with Gasteiger partial charge in [-0.2, -0.15) is 0 Å². The van der Waals surface area contributed by atoms with Gasteiger partial charge in [-0.05, 0) is 42.2 Å². The molecule has 3 fully saturated rings. The highest BCUT2D eigenvalue weighted by Crippen LogP contribution is 2.65. The molecule has 4 aliphatic carbocycles. The molecule has 1 aromatic rings. The first-order valence-corrected chi connectivity index (χ1v) is 7.52. The van der Waals surface area contributed by atoms with Crippen LogP contribution in [0.15, 0.2) is 36.4 Å². The van der Waals surface area contributed by atoms with Gasteiger partial charge in [0.05, 0.1) is 17.5 Å². The summed E-state index contributed by atoms with van der Waals surface area (Å²) in [5.74, 6) is 1.25. The molecule has 1 saturated heterocycles. The molecule has 6 atom stereocenters. The number of hydrogen-bond acceptors (Lipinski definition) is 3. The zero-order valence-corrected chi connectivity index (χ0v) is 11.3. The Morgan fingerprint density at radius 2 is 1.62 bits per heavy atom. The van der Waals surface area contributed by atoms with E-state index in [-0.39, 0.29) is 41.2 Å². The van der Waals surface area contributed by atoms with Crippen LogP contribution < -0.4 is 4.90 Å². The van der Waals surface area contributed by atoms with Crippen molar-refractivity contribution in [2.45, 2.75) is 6.42 Å². The molecule has 5 aliphatic rings. The third-order valence-corrected chi connectivity index (χ3v) is 5.75. The zero-order chi connectivity index (χ0) is 14.3. The largest absolute Gasteiger partial charge is 0.508 e. The van der Waals surface area contributed by atoms with E-state index in [1.54, 1.807) is 18.2 Å². The second kappa shape index (κ2) is 3.56. The maximum absolute atomic E-state index is 12.8. The van der Waals surface area contributed by atoms with Crippen LogP contribution >= 0.6 is 0 Å². The lowest BCUT2D eigenvalue weighted by atomic mass is 9.63. The molecular weight excluding hydrogens is 266 g/mol. The molecule has 0 unspecified atom stereocenters. The van der Waals surface area contributed by atoms with Gasteiger partial charge in [-0.3, -0.25) is 9.59 Å². The number of carbonyl (C=O) groups is 2. The fraction of sp³-hybridized carbons (Fsp3) is 0.412. The van der Waals surface area contributed by atoms with Gasteiger partial charge < -0.3 is 5.11 Å². The maximum atomic E-state index is 12.8. The van der Waals surface area contributed by atoms with Crippen LogP contribution in [0.4, 0.5) is 5.69 Å². The quantitative estimate of drug-likeness (QED) is 0.632. The van der Waals surface area contributed by atoms with Gasteiger partial charge in [-0.1, -0.05) is 18.2 Å². The van der Waals surface area contributed by atoms with Gasteiger partial charge in [-0.25, -0.2) is 4.90 Å². The Hall–Kier alpha value is -2.10. The Morgan fingerprint density at radius 1 is 1.00 bits per heavy atom. The predicted molar refractivity (Wildman–Crippen MR) is 75.3 cm³/mol. The average molecular weight is 281 g/mol. The first kappa shape index (κ1) is 11.5. The predicted octanol–water partition coefficient (Wildman–Crippen LogP) is 1.95. The second-order valence-corrected chi connectivity index (χ2v) is 6.69. The van der Waals surface area contributed by atoms with E-state index in [4.69, 9.17) is 0 Å². The van der Waals surface area contributed by atoms with Gasteiger partial charge in [0.1, 0.15) is 5.75 Å². The highest BCUT2D eigenvalue weighted by Gasteiger charge is 2.67. The van der Waals surface area contributed by atoms with Gasteiger partial charge in [0, 0.05) is 6.07 Å². The molecule has 2 saturated carbocycles. The Kier molecular flexibility index (Phi) is 1.96. The van der Waals surface area contributed by atoms with Crippen LogP contribution in [0.25, 0.3) is 0 Å². The standard InChI is InChI=1S/C17H15NO3/c19-9-3-1-2-8(6-9)18-16(20)14-10-4-5-11(13-7-12(10)13)15(14)17(18)21/h1-6,10-15,19H,7H2/t10-,11+,12+,13-,14-,15+. The summed E-state index contributed by atoms with van der Waals surface area (Å²) in [7, 11) is 0. The molecule has 0 aromatic heterocycles. The molecule has 4 nitrogen and oxygen atoms in total. The maximum Gasteiger partial charge on any atom is 0.238 e. The lowest BCUT2D eigenvalue weighted by molar-refractivity contribution is -0.124. The highest BCUT2D eigenvalue weighted by atomic mass is 16.3. The van der Waals surface area contributed by atoms with Gasteiger partial charge >= 0.3 is 0 Å². The number of nitrogens with zero attached hydrogens (tertiary/aromatic N) is 1. The molecule has 2 bridgehead atoms. The van der Waals surface area contributed by atoms with Gasteiger partial charge in [-0.15, -0.1) is 0 Å². The van der Waals surface area contributed by atoms with Crippen LogP contribution in [0.3, 0.4) is 0 Å². The number of phenols is 1. The SMILES string of the molecule is O=C1[C@@H]2[C@@H]3C=C[C@@H]([C@H]4C[C@@H]34)[C@@H]2C(=O)N1c1cccc(O)c1. The molecule has 1 heterocycles. The summed E-state index contributed by atoms with van der Waals surface area (Å²) in [6, 6.07) is 6.41. The summed E-state index contributed by atoms with van der Waals surface area (Å²) in [6.07, 6.45) is 5.50. The Balaban J connectivity index is 1.60. The van der Waals surface area contributed by atoms with Crippen LogP contribution in [0.5, 0.6) is 5.75 Å². The van der Waals surface area contributed by atoms with Crippen LogP contribution in [-0.4, -0.2) is 16.9 Å². The number of imide groups is 1. The Morgan fingerprint density at radius 3 is 2.19 bits per heavy atom. The number of anilines is 1. The van der Waals surface area contributed by atoms with Crippen molar-refractivity contribution in [1.82, 2.24) is 0 Å². The average Bonchev–Trinajstić information content (AvgIpc) is 3.24. The van der Waals surface area contributed by atoms with E-state index in [1.165, 1.54) is 17.4 Å². The first-order chi connectivity index (χ1) is 10.2. The van der Waals surface area contributed by atoms with Crippen LogP contribution in [-0.2, 0) is 9.59 Å². The molecule has 1 N–H and O–H groups in total. The summed E-state index contributed by atoms with van der Waals surface area (Å²) >= 11 is 0. The number of allylic oxidation sites excluding steroid dienone is 2. The molecule has 106 valence electrons. The van der Waals surface area contributed by atoms with Gasteiger partial charge in [0.25, 0.3) is 0 Å². The van der Waals surface area contributed by atoms with Crippen molar-refractivity contribution in [3.63, 3.8) is 0 Å². The molecule has 1 aliphatic heterocycles. The number of carbonyl (C=O) groups excluding carboxylic acids is 2. The normalized spacial score (nSPS) is 42.2. The molecular formula is C17H15NO3. The number of rotatable bonds is 1. The van der Waals surface area contributed by atoms with Crippen molar-refractivity contribution >= 4 is 17.5 Å². The van der Waals surface area contributed by atoms with Crippen molar-refractivity contribution < 1.29 is 14.7 Å². The third-order valence-electron chi connectivity index (χ3n) is 5.75. The molecule has 0 radical (unpaired) electrons. The minimum atomic E-state index is -0.182. The summed E-state index contributed by atoms with van der Waals surface area (Å²) < 4.78 is 0. The summed E-state index contributed by atoms with van der Waals surface area (Å²) in [4.78, 5) is 26.9. The fourth-order valence-electron chi connectivity index (χ4n) is 4.84. The number of phenolic OH excluding ortho intramolecular Hbond substituents is 1. The monoisotopic (exact) mass is 281 g/mol. The van der Waals surface area contributed by atoms with Crippen LogP contribution in [0, 0.1) is 35.5 Å². The Labute approximate surface area is 122 Å². The lowest BCUT2D eigenvalue weighted by Crippen LogP contribution is -2.40. The number of benzene rings is 1.